The molecule has 0 spiro atoms. The molecule has 0 heterocycles. The summed E-state index contributed by atoms with van der Waals surface area (Å²) in [6.07, 6.45) is 0. The third-order valence-corrected chi connectivity index (χ3v) is 2.41. The van der Waals surface area contributed by atoms with E-state index in [0.29, 0.717) is 0 Å². The van der Waals surface area contributed by atoms with Crippen LogP contribution in [0.2, 0.25) is 0 Å². The Bertz CT molecular complexity index is 301. The first-order valence-electron chi connectivity index (χ1n) is 5.18. The Morgan fingerprint density at radius 2 is 2.00 bits per heavy atom. The average molecular weight is 209 g/mol. The Morgan fingerprint density at radius 1 is 1.33 bits per heavy atom. The molecule has 0 amide bonds. The van der Waals surface area contributed by atoms with Crippen LogP contribution < -0.4 is 10.1 Å². The summed E-state index contributed by atoms with van der Waals surface area (Å²) in [7, 11) is 1.67. The van der Waals surface area contributed by atoms with Crippen molar-refractivity contribution >= 4 is 0 Å². The number of nitrogens with one attached hydrogen (secondary N) is 1. The summed E-state index contributed by atoms with van der Waals surface area (Å²) < 4.78 is 5.28. The second-order valence-electron chi connectivity index (χ2n) is 3.71. The SMILES string of the molecule is COc1ccccc1C(C)N[C@@H](C)CO. The van der Waals surface area contributed by atoms with E-state index in [0.717, 1.165) is 11.3 Å². The quantitative estimate of drug-likeness (QED) is 0.776. The van der Waals surface area contributed by atoms with E-state index in [4.69, 9.17) is 9.84 Å². The van der Waals surface area contributed by atoms with Crippen LogP contribution in [0.5, 0.6) is 5.75 Å². The maximum atomic E-state index is 8.96. The van der Waals surface area contributed by atoms with Gasteiger partial charge >= 0.3 is 0 Å². The van der Waals surface area contributed by atoms with E-state index in [1.807, 2.05) is 31.2 Å². The normalized spacial score (nSPS) is 14.7. The lowest BCUT2D eigenvalue weighted by Crippen LogP contribution is -2.31. The van der Waals surface area contributed by atoms with Gasteiger partial charge in [0.15, 0.2) is 0 Å². The first-order valence-corrected chi connectivity index (χ1v) is 5.18. The van der Waals surface area contributed by atoms with E-state index in [2.05, 4.69) is 12.2 Å². The summed E-state index contributed by atoms with van der Waals surface area (Å²) in [5, 5.41) is 12.3. The number of para-hydroxylation sites is 1. The van der Waals surface area contributed by atoms with E-state index in [-0.39, 0.29) is 18.7 Å². The Labute approximate surface area is 91.1 Å². The van der Waals surface area contributed by atoms with Crippen molar-refractivity contribution in [2.75, 3.05) is 13.7 Å². The van der Waals surface area contributed by atoms with Crippen molar-refractivity contribution in [2.45, 2.75) is 25.9 Å². The first kappa shape index (κ1) is 12.0. The highest BCUT2D eigenvalue weighted by atomic mass is 16.5. The summed E-state index contributed by atoms with van der Waals surface area (Å²) in [5.41, 5.74) is 1.11. The summed E-state index contributed by atoms with van der Waals surface area (Å²) in [5.74, 6) is 0.877. The summed E-state index contributed by atoms with van der Waals surface area (Å²) in [6.45, 7) is 4.15. The molecule has 0 aromatic heterocycles. The molecule has 1 aromatic carbocycles. The third-order valence-electron chi connectivity index (χ3n) is 2.41. The minimum absolute atomic E-state index is 0.0879. The fourth-order valence-electron chi connectivity index (χ4n) is 1.59. The number of rotatable bonds is 5. The molecule has 0 aliphatic rings. The summed E-state index contributed by atoms with van der Waals surface area (Å²) >= 11 is 0. The van der Waals surface area contributed by atoms with Gasteiger partial charge in [-0.05, 0) is 19.9 Å². The van der Waals surface area contributed by atoms with Crippen molar-refractivity contribution in [3.63, 3.8) is 0 Å². The minimum atomic E-state index is 0.0879. The van der Waals surface area contributed by atoms with E-state index in [1.54, 1.807) is 7.11 Å². The monoisotopic (exact) mass is 209 g/mol. The van der Waals surface area contributed by atoms with Crippen LogP contribution in [0, 0.1) is 0 Å². The second kappa shape index (κ2) is 5.73. The fraction of sp³-hybridized carbons (Fsp3) is 0.500. The molecule has 2 atom stereocenters. The predicted molar refractivity (Wildman–Crippen MR) is 61.1 cm³/mol. The molecule has 1 rings (SSSR count). The molecule has 0 aliphatic heterocycles. The lowest BCUT2D eigenvalue weighted by Gasteiger charge is -2.20. The molecule has 3 nitrogen and oxygen atoms in total. The molecule has 0 fully saturated rings. The topological polar surface area (TPSA) is 41.5 Å². The molecule has 84 valence electrons. The van der Waals surface area contributed by atoms with E-state index < -0.39 is 0 Å². The van der Waals surface area contributed by atoms with Crippen molar-refractivity contribution in [1.82, 2.24) is 5.32 Å². The number of aliphatic hydroxyl groups excluding tert-OH is 1. The van der Waals surface area contributed by atoms with Crippen LogP contribution in [0.4, 0.5) is 0 Å². The smallest absolute Gasteiger partial charge is 0.123 e. The van der Waals surface area contributed by atoms with Crippen molar-refractivity contribution in [1.29, 1.82) is 0 Å². The fourth-order valence-corrected chi connectivity index (χ4v) is 1.59. The zero-order valence-electron chi connectivity index (χ0n) is 9.53. The van der Waals surface area contributed by atoms with Crippen LogP contribution in [0.25, 0.3) is 0 Å². The third kappa shape index (κ3) is 3.22. The van der Waals surface area contributed by atoms with Gasteiger partial charge in [-0.1, -0.05) is 18.2 Å². The van der Waals surface area contributed by atoms with Gasteiger partial charge in [-0.25, -0.2) is 0 Å². The molecule has 0 bridgehead atoms. The molecular weight excluding hydrogens is 190 g/mol. The molecule has 1 aromatic rings. The number of hydrogen-bond acceptors (Lipinski definition) is 3. The number of ether oxygens (including phenoxy) is 1. The highest BCUT2D eigenvalue weighted by Crippen LogP contribution is 2.24. The Kier molecular flexibility index (Phi) is 4.59. The van der Waals surface area contributed by atoms with Gasteiger partial charge in [-0.2, -0.15) is 0 Å². The number of hydrogen-bond donors (Lipinski definition) is 2. The van der Waals surface area contributed by atoms with Crippen LogP contribution >= 0.6 is 0 Å². The number of aliphatic hydroxyl groups is 1. The zero-order chi connectivity index (χ0) is 11.3. The molecule has 15 heavy (non-hydrogen) atoms. The van der Waals surface area contributed by atoms with E-state index in [9.17, 15) is 0 Å². The van der Waals surface area contributed by atoms with Gasteiger partial charge in [0.2, 0.25) is 0 Å². The Balaban J connectivity index is 2.76. The molecule has 0 saturated carbocycles. The van der Waals surface area contributed by atoms with Crippen LogP contribution in [0.1, 0.15) is 25.5 Å². The summed E-state index contributed by atoms with van der Waals surface area (Å²) in [6, 6.07) is 8.16. The van der Waals surface area contributed by atoms with Crippen molar-refractivity contribution in [3.05, 3.63) is 29.8 Å². The molecule has 0 radical (unpaired) electrons. The average Bonchev–Trinajstić information content (AvgIpc) is 2.28. The highest BCUT2D eigenvalue weighted by molar-refractivity contribution is 5.35. The van der Waals surface area contributed by atoms with Crippen molar-refractivity contribution in [2.24, 2.45) is 0 Å². The van der Waals surface area contributed by atoms with Gasteiger partial charge in [0.1, 0.15) is 5.75 Å². The van der Waals surface area contributed by atoms with Gasteiger partial charge < -0.3 is 15.2 Å². The number of methoxy groups -OCH3 is 1. The van der Waals surface area contributed by atoms with E-state index in [1.165, 1.54) is 0 Å². The Hall–Kier alpha value is -1.06. The molecule has 2 N–H and O–H groups in total. The van der Waals surface area contributed by atoms with Gasteiger partial charge in [0.05, 0.1) is 13.7 Å². The van der Waals surface area contributed by atoms with Crippen molar-refractivity contribution in [3.8, 4) is 5.75 Å². The standard InChI is InChI=1S/C12H19NO2/c1-9(8-14)13-10(2)11-6-4-5-7-12(11)15-3/h4-7,9-10,13-14H,8H2,1-3H3/t9-,10?/m0/s1. The zero-order valence-corrected chi connectivity index (χ0v) is 9.53. The summed E-state index contributed by atoms with van der Waals surface area (Å²) in [4.78, 5) is 0. The second-order valence-corrected chi connectivity index (χ2v) is 3.71. The number of benzene rings is 1. The van der Waals surface area contributed by atoms with Crippen LogP contribution in [-0.4, -0.2) is 24.9 Å². The van der Waals surface area contributed by atoms with Crippen molar-refractivity contribution < 1.29 is 9.84 Å². The van der Waals surface area contributed by atoms with Gasteiger partial charge in [0.25, 0.3) is 0 Å². The molecule has 0 saturated heterocycles. The highest BCUT2D eigenvalue weighted by Gasteiger charge is 2.12. The molecule has 0 aliphatic carbocycles. The Morgan fingerprint density at radius 3 is 2.60 bits per heavy atom. The maximum Gasteiger partial charge on any atom is 0.123 e. The predicted octanol–water partition coefficient (Wildman–Crippen LogP) is 1.73. The minimum Gasteiger partial charge on any atom is -0.496 e. The lowest BCUT2D eigenvalue weighted by molar-refractivity contribution is 0.242. The largest absolute Gasteiger partial charge is 0.496 e. The van der Waals surface area contributed by atoms with Crippen LogP contribution in [0.15, 0.2) is 24.3 Å². The molecule has 1 unspecified atom stereocenters. The van der Waals surface area contributed by atoms with E-state index >= 15 is 0 Å². The van der Waals surface area contributed by atoms with Gasteiger partial charge in [0, 0.05) is 17.6 Å². The maximum absolute atomic E-state index is 8.96. The lowest BCUT2D eigenvalue weighted by atomic mass is 10.1. The molecular formula is C12H19NO2. The first-order chi connectivity index (χ1) is 7.19. The van der Waals surface area contributed by atoms with Crippen LogP contribution in [-0.2, 0) is 0 Å². The van der Waals surface area contributed by atoms with Crippen LogP contribution in [0.3, 0.4) is 0 Å². The van der Waals surface area contributed by atoms with Gasteiger partial charge in [-0.3, -0.25) is 0 Å². The van der Waals surface area contributed by atoms with Gasteiger partial charge in [-0.15, -0.1) is 0 Å². The molecule has 3 heteroatoms.